The zero-order valence-electron chi connectivity index (χ0n) is 14.4. The van der Waals surface area contributed by atoms with Crippen molar-refractivity contribution in [3.05, 3.63) is 23.5 Å². The Balaban J connectivity index is 1.58. The predicted octanol–water partition coefficient (Wildman–Crippen LogP) is 1.38. The highest BCUT2D eigenvalue weighted by molar-refractivity contribution is 5.78. The molecular weight excluding hydrogens is 310 g/mol. The molecule has 0 aliphatic carbocycles. The molecule has 2 aliphatic heterocycles. The van der Waals surface area contributed by atoms with E-state index >= 15 is 0 Å². The van der Waals surface area contributed by atoms with E-state index < -0.39 is 5.60 Å². The van der Waals surface area contributed by atoms with Crippen LogP contribution in [0.15, 0.2) is 12.1 Å². The van der Waals surface area contributed by atoms with Crippen molar-refractivity contribution in [2.24, 2.45) is 0 Å². The number of ether oxygens (including phenoxy) is 2. The highest BCUT2D eigenvalue weighted by Gasteiger charge is 2.49. The molecule has 0 radical (unpaired) electrons. The minimum atomic E-state index is -0.554. The SMILES string of the molecule is CCc1nc(C)ccc1OCC(=O)N1CCC2(CN(C)C(=O)O2)C1. The molecule has 2 saturated heterocycles. The summed E-state index contributed by atoms with van der Waals surface area (Å²) in [4.78, 5) is 31.7. The number of amides is 2. The van der Waals surface area contributed by atoms with Crippen LogP contribution in [0.25, 0.3) is 0 Å². The molecule has 1 spiro atoms. The van der Waals surface area contributed by atoms with Crippen LogP contribution in [-0.4, -0.2) is 65.7 Å². The maximum absolute atomic E-state index is 12.4. The number of rotatable bonds is 4. The van der Waals surface area contributed by atoms with Crippen LogP contribution < -0.4 is 4.74 Å². The average molecular weight is 333 g/mol. The number of likely N-dealkylation sites (N-methyl/N-ethyl adjacent to an activating group) is 1. The number of hydrogen-bond donors (Lipinski definition) is 0. The Kier molecular flexibility index (Phi) is 4.34. The highest BCUT2D eigenvalue weighted by Crippen LogP contribution is 2.31. The van der Waals surface area contributed by atoms with Gasteiger partial charge in [-0.25, -0.2) is 4.79 Å². The van der Waals surface area contributed by atoms with E-state index in [0.29, 0.717) is 31.8 Å². The van der Waals surface area contributed by atoms with Crippen LogP contribution >= 0.6 is 0 Å². The number of pyridine rings is 1. The maximum atomic E-state index is 12.4. The second-order valence-corrected chi connectivity index (χ2v) is 6.51. The topological polar surface area (TPSA) is 72.0 Å². The minimum Gasteiger partial charge on any atom is -0.482 e. The zero-order valence-corrected chi connectivity index (χ0v) is 14.4. The molecule has 7 heteroatoms. The van der Waals surface area contributed by atoms with E-state index in [1.54, 1.807) is 16.8 Å². The van der Waals surface area contributed by atoms with E-state index in [-0.39, 0.29) is 18.6 Å². The number of nitrogens with zero attached hydrogens (tertiary/aromatic N) is 3. The summed E-state index contributed by atoms with van der Waals surface area (Å²) in [6.45, 7) is 5.44. The molecule has 3 heterocycles. The maximum Gasteiger partial charge on any atom is 0.410 e. The van der Waals surface area contributed by atoms with E-state index in [4.69, 9.17) is 9.47 Å². The molecule has 130 valence electrons. The third kappa shape index (κ3) is 3.16. The summed E-state index contributed by atoms with van der Waals surface area (Å²) >= 11 is 0. The highest BCUT2D eigenvalue weighted by atomic mass is 16.6. The van der Waals surface area contributed by atoms with E-state index in [2.05, 4.69) is 4.98 Å². The quantitative estimate of drug-likeness (QED) is 0.832. The van der Waals surface area contributed by atoms with Gasteiger partial charge in [0.25, 0.3) is 5.91 Å². The first-order valence-electron chi connectivity index (χ1n) is 8.24. The molecule has 0 N–H and O–H groups in total. The second-order valence-electron chi connectivity index (χ2n) is 6.51. The van der Waals surface area contributed by atoms with Crippen molar-refractivity contribution in [1.82, 2.24) is 14.8 Å². The molecule has 0 saturated carbocycles. The molecule has 1 unspecified atom stereocenters. The fourth-order valence-corrected chi connectivity index (χ4v) is 3.28. The summed E-state index contributed by atoms with van der Waals surface area (Å²) < 4.78 is 11.1. The Bertz CT molecular complexity index is 663. The summed E-state index contributed by atoms with van der Waals surface area (Å²) in [6.07, 6.45) is 1.10. The van der Waals surface area contributed by atoms with E-state index in [9.17, 15) is 9.59 Å². The molecule has 0 bridgehead atoms. The standard InChI is InChI=1S/C17H23N3O4/c1-4-13-14(6-5-12(2)18-13)23-9-15(21)20-8-7-17(11-20)10-19(3)16(22)24-17/h5-6H,4,7-11H2,1-3H3. The van der Waals surface area contributed by atoms with Gasteiger partial charge in [0.05, 0.1) is 18.8 Å². The van der Waals surface area contributed by atoms with Crippen LogP contribution in [0.1, 0.15) is 24.7 Å². The molecule has 2 fully saturated rings. The molecule has 2 amide bonds. The molecule has 1 aromatic rings. The summed E-state index contributed by atoms with van der Waals surface area (Å²) in [5, 5.41) is 0. The first kappa shape index (κ1) is 16.5. The molecule has 3 rings (SSSR count). The number of likely N-dealkylation sites (tertiary alicyclic amines) is 1. The zero-order chi connectivity index (χ0) is 17.3. The molecular formula is C17H23N3O4. The third-order valence-corrected chi connectivity index (χ3v) is 4.57. The van der Waals surface area contributed by atoms with Gasteiger partial charge in [0.1, 0.15) is 5.75 Å². The largest absolute Gasteiger partial charge is 0.482 e. The summed E-state index contributed by atoms with van der Waals surface area (Å²) in [5.74, 6) is 0.553. The van der Waals surface area contributed by atoms with Gasteiger partial charge < -0.3 is 19.3 Å². The van der Waals surface area contributed by atoms with Crippen molar-refractivity contribution < 1.29 is 19.1 Å². The summed E-state index contributed by atoms with van der Waals surface area (Å²) in [7, 11) is 1.71. The Morgan fingerprint density at radius 3 is 2.88 bits per heavy atom. The van der Waals surface area contributed by atoms with Gasteiger partial charge in [-0.1, -0.05) is 6.92 Å². The molecule has 1 aromatic heterocycles. The van der Waals surface area contributed by atoms with Gasteiger partial charge in [-0.3, -0.25) is 9.78 Å². The van der Waals surface area contributed by atoms with Crippen LogP contribution in [0.2, 0.25) is 0 Å². The molecule has 7 nitrogen and oxygen atoms in total. The van der Waals surface area contributed by atoms with Gasteiger partial charge in [-0.05, 0) is 25.5 Å². The van der Waals surface area contributed by atoms with Crippen LogP contribution in [0, 0.1) is 6.92 Å². The normalized spacial score (nSPS) is 23.0. The first-order valence-corrected chi connectivity index (χ1v) is 8.24. The van der Waals surface area contributed by atoms with Gasteiger partial charge in [0, 0.05) is 25.7 Å². The van der Waals surface area contributed by atoms with E-state index in [1.165, 1.54) is 0 Å². The Morgan fingerprint density at radius 2 is 2.21 bits per heavy atom. The van der Waals surface area contributed by atoms with Gasteiger partial charge in [-0.2, -0.15) is 0 Å². The Hall–Kier alpha value is -2.31. The van der Waals surface area contributed by atoms with Crippen LogP contribution in [-0.2, 0) is 16.0 Å². The first-order chi connectivity index (χ1) is 11.4. The van der Waals surface area contributed by atoms with Gasteiger partial charge in [0.15, 0.2) is 12.2 Å². The van der Waals surface area contributed by atoms with E-state index in [0.717, 1.165) is 17.8 Å². The Labute approximate surface area is 141 Å². The van der Waals surface area contributed by atoms with Crippen molar-refractivity contribution in [2.75, 3.05) is 33.3 Å². The minimum absolute atomic E-state index is 0.0302. The average Bonchev–Trinajstić information content (AvgIpc) is 3.08. The van der Waals surface area contributed by atoms with Crippen molar-refractivity contribution in [2.45, 2.75) is 32.3 Å². The monoisotopic (exact) mass is 333 g/mol. The van der Waals surface area contributed by atoms with E-state index in [1.807, 2.05) is 26.0 Å². The van der Waals surface area contributed by atoms with Crippen LogP contribution in [0.3, 0.4) is 0 Å². The van der Waals surface area contributed by atoms with Gasteiger partial charge >= 0.3 is 6.09 Å². The molecule has 1 atom stereocenters. The number of aryl methyl sites for hydroxylation is 2. The predicted molar refractivity (Wildman–Crippen MR) is 86.9 cm³/mol. The van der Waals surface area contributed by atoms with Gasteiger partial charge in [-0.15, -0.1) is 0 Å². The van der Waals surface area contributed by atoms with Crippen LogP contribution in [0.4, 0.5) is 4.79 Å². The van der Waals surface area contributed by atoms with Crippen molar-refractivity contribution in [3.8, 4) is 5.75 Å². The number of carbonyl (C=O) groups is 2. The lowest BCUT2D eigenvalue weighted by Crippen LogP contribution is -2.40. The summed E-state index contributed by atoms with van der Waals surface area (Å²) in [5.41, 5.74) is 1.23. The lowest BCUT2D eigenvalue weighted by Gasteiger charge is -2.22. The summed E-state index contributed by atoms with van der Waals surface area (Å²) in [6, 6.07) is 3.73. The van der Waals surface area contributed by atoms with Crippen molar-refractivity contribution in [1.29, 1.82) is 0 Å². The second kappa shape index (κ2) is 6.30. The third-order valence-electron chi connectivity index (χ3n) is 4.57. The molecule has 0 aromatic carbocycles. The Morgan fingerprint density at radius 1 is 1.42 bits per heavy atom. The number of hydrogen-bond acceptors (Lipinski definition) is 5. The molecule has 24 heavy (non-hydrogen) atoms. The molecule has 2 aliphatic rings. The lowest BCUT2D eigenvalue weighted by atomic mass is 10.0. The number of carbonyl (C=O) groups excluding carboxylic acids is 2. The van der Waals surface area contributed by atoms with Crippen molar-refractivity contribution >= 4 is 12.0 Å². The fraction of sp³-hybridized carbons (Fsp3) is 0.588. The lowest BCUT2D eigenvalue weighted by molar-refractivity contribution is -0.133. The smallest absolute Gasteiger partial charge is 0.410 e. The van der Waals surface area contributed by atoms with Gasteiger partial charge in [0.2, 0.25) is 0 Å². The number of aromatic nitrogens is 1. The van der Waals surface area contributed by atoms with Crippen LogP contribution in [0.5, 0.6) is 5.75 Å². The fourth-order valence-electron chi connectivity index (χ4n) is 3.28. The van der Waals surface area contributed by atoms with Crippen molar-refractivity contribution in [3.63, 3.8) is 0 Å².